The molecule has 4 nitrogen and oxygen atoms in total. The number of hydrogen-bond donors (Lipinski definition) is 2. The molecule has 0 saturated heterocycles. The van der Waals surface area contributed by atoms with Crippen molar-refractivity contribution in [3.05, 3.63) is 29.8 Å². The second-order valence-corrected chi connectivity index (χ2v) is 7.78. The number of sulfonamides is 1. The molecule has 0 aliphatic heterocycles. The third-order valence-electron chi connectivity index (χ3n) is 2.72. The molecule has 1 atom stereocenters. The number of rotatable bonds is 8. The number of benzene rings is 1. The van der Waals surface area contributed by atoms with Gasteiger partial charge in [0.1, 0.15) is 0 Å². The van der Waals surface area contributed by atoms with E-state index in [0.29, 0.717) is 10.9 Å². The molecule has 0 spiro atoms. The number of thioether (sulfide) groups is 1. The van der Waals surface area contributed by atoms with Crippen molar-refractivity contribution in [1.82, 2.24) is 10.0 Å². The molecule has 0 heterocycles. The Morgan fingerprint density at radius 1 is 1.15 bits per heavy atom. The van der Waals surface area contributed by atoms with E-state index in [1.54, 1.807) is 23.9 Å². The topological polar surface area (TPSA) is 58.2 Å². The van der Waals surface area contributed by atoms with E-state index in [2.05, 4.69) is 23.9 Å². The summed E-state index contributed by atoms with van der Waals surface area (Å²) in [6.07, 6.45) is 1.96. The van der Waals surface area contributed by atoms with Gasteiger partial charge in [-0.1, -0.05) is 26.0 Å². The molecule has 0 aromatic heterocycles. The van der Waals surface area contributed by atoms with Crippen molar-refractivity contribution in [3.8, 4) is 0 Å². The minimum atomic E-state index is -3.41. The van der Waals surface area contributed by atoms with Gasteiger partial charge in [-0.05, 0) is 30.9 Å². The van der Waals surface area contributed by atoms with Crippen LogP contribution in [0.25, 0.3) is 0 Å². The summed E-state index contributed by atoms with van der Waals surface area (Å²) in [5, 5.41) is 3.30. The van der Waals surface area contributed by atoms with Gasteiger partial charge >= 0.3 is 0 Å². The van der Waals surface area contributed by atoms with Gasteiger partial charge in [0.25, 0.3) is 0 Å². The molecule has 0 aliphatic rings. The lowest BCUT2D eigenvalue weighted by Crippen LogP contribution is -2.34. The molecular weight excluding hydrogens is 292 g/mol. The van der Waals surface area contributed by atoms with Gasteiger partial charge in [-0.15, -0.1) is 0 Å². The fraction of sp³-hybridized carbons (Fsp3) is 0.571. The highest BCUT2D eigenvalue weighted by Crippen LogP contribution is 2.12. The maximum atomic E-state index is 12.2. The molecule has 0 radical (unpaired) electrons. The van der Waals surface area contributed by atoms with Gasteiger partial charge in [0.2, 0.25) is 10.0 Å². The number of hydrogen-bond acceptors (Lipinski definition) is 4. The van der Waals surface area contributed by atoms with Gasteiger partial charge in [0.15, 0.2) is 0 Å². The van der Waals surface area contributed by atoms with Gasteiger partial charge in [0, 0.05) is 24.4 Å². The smallest absolute Gasteiger partial charge is 0.240 e. The van der Waals surface area contributed by atoms with Crippen molar-refractivity contribution in [3.63, 3.8) is 0 Å². The van der Waals surface area contributed by atoms with Crippen LogP contribution in [-0.4, -0.2) is 32.5 Å². The zero-order valence-corrected chi connectivity index (χ0v) is 14.1. The largest absolute Gasteiger partial charge is 0.310 e. The van der Waals surface area contributed by atoms with E-state index >= 15 is 0 Å². The maximum absolute atomic E-state index is 12.2. The summed E-state index contributed by atoms with van der Waals surface area (Å²) >= 11 is 1.62. The second kappa shape index (κ2) is 8.02. The van der Waals surface area contributed by atoms with E-state index in [9.17, 15) is 8.42 Å². The quantitative estimate of drug-likeness (QED) is 0.772. The van der Waals surface area contributed by atoms with Crippen LogP contribution >= 0.6 is 11.8 Å². The van der Waals surface area contributed by atoms with Gasteiger partial charge in [-0.25, -0.2) is 13.1 Å². The van der Waals surface area contributed by atoms with E-state index in [1.165, 1.54) is 0 Å². The monoisotopic (exact) mass is 316 g/mol. The first-order valence-corrected chi connectivity index (χ1v) is 9.56. The Hall–Kier alpha value is -0.560. The normalized spacial score (nSPS) is 13.7. The molecule has 0 bridgehead atoms. The predicted octanol–water partition coefficient (Wildman–Crippen LogP) is 2.21. The summed E-state index contributed by atoms with van der Waals surface area (Å²) in [6.45, 7) is 6.77. The van der Waals surface area contributed by atoms with Crippen LogP contribution in [0.1, 0.15) is 26.3 Å². The molecule has 0 fully saturated rings. The molecule has 0 aliphatic carbocycles. The zero-order chi connectivity index (χ0) is 15.2. The van der Waals surface area contributed by atoms with Crippen LogP contribution < -0.4 is 10.0 Å². The van der Waals surface area contributed by atoms with E-state index in [1.807, 2.05) is 25.3 Å². The molecular formula is C14H24N2O2S2. The fourth-order valence-corrected chi connectivity index (χ4v) is 3.66. The summed E-state index contributed by atoms with van der Waals surface area (Å²) < 4.78 is 27.0. The van der Waals surface area contributed by atoms with Crippen molar-refractivity contribution in [2.75, 3.05) is 12.0 Å². The molecule has 0 saturated carbocycles. The van der Waals surface area contributed by atoms with E-state index < -0.39 is 10.0 Å². The molecule has 1 unspecified atom stereocenters. The van der Waals surface area contributed by atoms with Crippen molar-refractivity contribution in [2.24, 2.45) is 0 Å². The van der Waals surface area contributed by atoms with Crippen LogP contribution in [-0.2, 0) is 16.6 Å². The fourth-order valence-electron chi connectivity index (χ4n) is 1.73. The number of nitrogens with one attached hydrogen (secondary N) is 2. The maximum Gasteiger partial charge on any atom is 0.240 e. The minimum absolute atomic E-state index is 0.0720. The molecule has 114 valence electrons. The standard InChI is InChI=1S/C14H24N2O2S2/c1-11(2)15-9-13-5-7-14(8-6-13)20(17,18)16-12(3)10-19-4/h5-8,11-12,15-16H,9-10H2,1-4H3. The first kappa shape index (κ1) is 17.5. The van der Waals surface area contributed by atoms with Crippen LogP contribution in [0, 0.1) is 0 Å². The summed E-state index contributed by atoms with van der Waals surface area (Å²) in [6, 6.07) is 7.35. The van der Waals surface area contributed by atoms with Gasteiger partial charge < -0.3 is 5.32 Å². The summed E-state index contributed by atoms with van der Waals surface area (Å²) in [4.78, 5) is 0.318. The van der Waals surface area contributed by atoms with Gasteiger partial charge in [-0.2, -0.15) is 11.8 Å². The SMILES string of the molecule is CSCC(C)NS(=O)(=O)c1ccc(CNC(C)C)cc1. The Morgan fingerprint density at radius 2 is 1.75 bits per heavy atom. The Morgan fingerprint density at radius 3 is 2.25 bits per heavy atom. The van der Waals surface area contributed by atoms with E-state index in [0.717, 1.165) is 17.9 Å². The molecule has 1 aromatic carbocycles. The Bertz CT molecular complexity index is 498. The van der Waals surface area contributed by atoms with E-state index in [-0.39, 0.29) is 6.04 Å². The highest BCUT2D eigenvalue weighted by atomic mass is 32.2. The third kappa shape index (κ3) is 5.83. The molecule has 0 amide bonds. The lowest BCUT2D eigenvalue weighted by molar-refractivity contribution is 0.570. The van der Waals surface area contributed by atoms with Crippen LogP contribution in [0.2, 0.25) is 0 Å². The molecule has 1 rings (SSSR count). The zero-order valence-electron chi connectivity index (χ0n) is 12.5. The first-order chi connectivity index (χ1) is 9.35. The average Bonchev–Trinajstić information content (AvgIpc) is 2.36. The molecule has 6 heteroatoms. The van der Waals surface area contributed by atoms with Crippen molar-refractivity contribution in [1.29, 1.82) is 0 Å². The van der Waals surface area contributed by atoms with Crippen LogP contribution in [0.15, 0.2) is 29.2 Å². The van der Waals surface area contributed by atoms with Crippen molar-refractivity contribution >= 4 is 21.8 Å². The van der Waals surface area contributed by atoms with Crippen molar-refractivity contribution < 1.29 is 8.42 Å². The molecule has 2 N–H and O–H groups in total. The Kier molecular flexibility index (Phi) is 7.02. The summed E-state index contributed by atoms with van der Waals surface area (Å²) in [5.41, 5.74) is 1.08. The van der Waals surface area contributed by atoms with Crippen LogP contribution in [0.4, 0.5) is 0 Å². The lowest BCUT2D eigenvalue weighted by Gasteiger charge is -2.13. The van der Waals surface area contributed by atoms with Crippen LogP contribution in [0.5, 0.6) is 0 Å². The van der Waals surface area contributed by atoms with E-state index in [4.69, 9.17) is 0 Å². The lowest BCUT2D eigenvalue weighted by atomic mass is 10.2. The summed E-state index contributed by atoms with van der Waals surface area (Å²) in [7, 11) is -3.41. The third-order valence-corrected chi connectivity index (χ3v) is 5.16. The minimum Gasteiger partial charge on any atom is -0.310 e. The molecule has 20 heavy (non-hydrogen) atoms. The second-order valence-electron chi connectivity index (χ2n) is 5.16. The Labute approximate surface area is 126 Å². The highest BCUT2D eigenvalue weighted by molar-refractivity contribution is 7.98. The Balaban J connectivity index is 2.71. The van der Waals surface area contributed by atoms with Gasteiger partial charge in [-0.3, -0.25) is 0 Å². The average molecular weight is 316 g/mol. The highest BCUT2D eigenvalue weighted by Gasteiger charge is 2.16. The first-order valence-electron chi connectivity index (χ1n) is 6.68. The van der Waals surface area contributed by atoms with Gasteiger partial charge in [0.05, 0.1) is 4.90 Å². The summed E-state index contributed by atoms with van der Waals surface area (Å²) in [5.74, 6) is 0.760. The molecule has 1 aromatic rings. The predicted molar refractivity (Wildman–Crippen MR) is 86.6 cm³/mol. The van der Waals surface area contributed by atoms with Crippen LogP contribution in [0.3, 0.4) is 0 Å². The van der Waals surface area contributed by atoms with Crippen molar-refractivity contribution in [2.45, 2.75) is 44.3 Å².